The Morgan fingerprint density at radius 1 is 0.955 bits per heavy atom. The second-order valence-corrected chi connectivity index (χ2v) is 6.05. The van der Waals surface area contributed by atoms with Crippen molar-refractivity contribution in [3.05, 3.63) is 70.6 Å². The van der Waals surface area contributed by atoms with Crippen molar-refractivity contribution in [2.24, 2.45) is 0 Å². The van der Waals surface area contributed by atoms with Crippen molar-refractivity contribution in [2.75, 3.05) is 5.43 Å². The summed E-state index contributed by atoms with van der Waals surface area (Å²) in [5.74, 6) is 0.742. The summed E-state index contributed by atoms with van der Waals surface area (Å²) in [6.45, 7) is 0. The fourth-order valence-corrected chi connectivity index (χ4v) is 3.20. The Labute approximate surface area is 136 Å². The van der Waals surface area contributed by atoms with Gasteiger partial charge in [0.2, 0.25) is 5.16 Å². The molecule has 0 fully saturated rings. The molecule has 0 bridgehead atoms. The van der Waals surface area contributed by atoms with Gasteiger partial charge in [-0.25, -0.2) is 4.68 Å². The number of hydrogen-bond acceptors (Lipinski definition) is 4. The molecule has 4 nitrogen and oxygen atoms in total. The third-order valence-corrected chi connectivity index (χ3v) is 4.38. The average Bonchev–Trinajstić information content (AvgIpc) is 2.99. The predicted molar refractivity (Wildman–Crippen MR) is 90.1 cm³/mol. The Bertz CT molecular complexity index is 858. The molecule has 4 rings (SSSR count). The Morgan fingerprint density at radius 3 is 2.59 bits per heavy atom. The normalized spacial score (nSPS) is 13.2. The zero-order valence-electron chi connectivity index (χ0n) is 11.4. The maximum absolute atomic E-state index is 6.08. The van der Waals surface area contributed by atoms with E-state index in [2.05, 4.69) is 27.8 Å². The molecule has 0 saturated heterocycles. The molecule has 6 heteroatoms. The van der Waals surface area contributed by atoms with E-state index < -0.39 is 0 Å². The van der Waals surface area contributed by atoms with Crippen LogP contribution in [0.4, 0.5) is 0 Å². The molecule has 108 valence electrons. The molecule has 1 aliphatic rings. The highest BCUT2D eigenvalue weighted by Gasteiger charge is 2.19. The molecule has 3 aromatic rings. The molecular weight excluding hydrogens is 316 g/mol. The molecule has 1 aliphatic heterocycles. The molecule has 2 heterocycles. The van der Waals surface area contributed by atoms with Gasteiger partial charge < -0.3 is 0 Å². The zero-order valence-corrected chi connectivity index (χ0v) is 13.0. The first kappa shape index (κ1) is 13.4. The minimum atomic E-state index is 0.678. The Hall–Kier alpha value is -2.24. The summed E-state index contributed by atoms with van der Waals surface area (Å²) >= 11 is 7.62. The van der Waals surface area contributed by atoms with Gasteiger partial charge in [-0.1, -0.05) is 65.8 Å². The molecule has 0 amide bonds. The number of rotatable bonds is 2. The summed E-state index contributed by atoms with van der Waals surface area (Å²) in [6, 6.07) is 17.8. The second-order valence-electron chi connectivity index (χ2n) is 4.78. The van der Waals surface area contributed by atoms with E-state index in [1.807, 2.05) is 52.5 Å². The minimum Gasteiger partial charge on any atom is -0.289 e. The summed E-state index contributed by atoms with van der Waals surface area (Å²) in [4.78, 5) is 0. The lowest BCUT2D eigenvalue weighted by molar-refractivity contribution is 0.826. The van der Waals surface area contributed by atoms with Crippen molar-refractivity contribution in [3.8, 4) is 11.4 Å². The molecule has 0 atom stereocenters. The number of fused-ring (bicyclic) bond motifs is 1. The highest BCUT2D eigenvalue weighted by atomic mass is 35.5. The number of benzene rings is 2. The van der Waals surface area contributed by atoms with Crippen molar-refractivity contribution >= 4 is 29.1 Å². The van der Waals surface area contributed by atoms with Crippen molar-refractivity contribution in [1.29, 1.82) is 0 Å². The van der Waals surface area contributed by atoms with Crippen molar-refractivity contribution in [1.82, 2.24) is 14.9 Å². The van der Waals surface area contributed by atoms with Gasteiger partial charge in [-0.3, -0.25) is 5.43 Å². The highest BCUT2D eigenvalue weighted by Crippen LogP contribution is 2.31. The van der Waals surface area contributed by atoms with Crippen molar-refractivity contribution < 1.29 is 0 Å². The first-order valence-electron chi connectivity index (χ1n) is 6.72. The van der Waals surface area contributed by atoms with Crippen LogP contribution in [0.25, 0.3) is 17.1 Å². The smallest absolute Gasteiger partial charge is 0.214 e. The van der Waals surface area contributed by atoms with Gasteiger partial charge in [0.1, 0.15) is 0 Å². The Balaban J connectivity index is 1.73. The third kappa shape index (κ3) is 2.38. The Morgan fingerprint density at radius 2 is 1.77 bits per heavy atom. The largest absolute Gasteiger partial charge is 0.289 e. The maximum atomic E-state index is 6.08. The molecule has 0 spiro atoms. The van der Waals surface area contributed by atoms with Crippen LogP contribution in [0.15, 0.2) is 65.2 Å². The summed E-state index contributed by atoms with van der Waals surface area (Å²) in [5.41, 5.74) is 6.43. The van der Waals surface area contributed by atoms with Gasteiger partial charge in [-0.05, 0) is 17.7 Å². The molecule has 1 aromatic heterocycles. The van der Waals surface area contributed by atoms with Gasteiger partial charge in [-0.15, -0.1) is 10.2 Å². The number of halogens is 1. The van der Waals surface area contributed by atoms with Crippen LogP contribution in [0.3, 0.4) is 0 Å². The van der Waals surface area contributed by atoms with Gasteiger partial charge in [0.25, 0.3) is 0 Å². The van der Waals surface area contributed by atoms with E-state index in [1.165, 1.54) is 0 Å². The SMILES string of the molecule is Clc1cccc(-c2nnc3n2NC(c2ccccc2)=CS3)c1. The number of aromatic nitrogens is 3. The highest BCUT2D eigenvalue weighted by molar-refractivity contribution is 8.02. The molecule has 22 heavy (non-hydrogen) atoms. The zero-order chi connectivity index (χ0) is 14.9. The van der Waals surface area contributed by atoms with E-state index in [9.17, 15) is 0 Å². The molecule has 2 aromatic carbocycles. The minimum absolute atomic E-state index is 0.678. The van der Waals surface area contributed by atoms with Crippen LogP contribution in [-0.4, -0.2) is 14.9 Å². The van der Waals surface area contributed by atoms with Crippen molar-refractivity contribution in [2.45, 2.75) is 5.16 Å². The standard InChI is InChI=1S/C16H11ClN4S/c17-13-8-4-7-12(9-13)15-18-19-16-21(15)20-14(10-22-16)11-5-2-1-3-6-11/h1-10,20H. The van der Waals surface area contributed by atoms with Crippen LogP contribution < -0.4 is 5.43 Å². The third-order valence-electron chi connectivity index (χ3n) is 3.32. The lowest BCUT2D eigenvalue weighted by atomic mass is 10.2. The summed E-state index contributed by atoms with van der Waals surface area (Å²) in [7, 11) is 0. The molecular formula is C16H11ClN4S. The van der Waals surface area contributed by atoms with E-state index in [0.29, 0.717) is 5.02 Å². The fraction of sp³-hybridized carbons (Fsp3) is 0. The van der Waals surface area contributed by atoms with E-state index in [4.69, 9.17) is 11.6 Å². The van der Waals surface area contributed by atoms with E-state index in [1.54, 1.807) is 11.8 Å². The van der Waals surface area contributed by atoms with Gasteiger partial charge >= 0.3 is 0 Å². The van der Waals surface area contributed by atoms with Gasteiger partial charge in [-0.2, -0.15) is 0 Å². The average molecular weight is 327 g/mol. The van der Waals surface area contributed by atoms with Crippen molar-refractivity contribution in [3.63, 3.8) is 0 Å². The summed E-state index contributed by atoms with van der Waals surface area (Å²) < 4.78 is 1.89. The number of thioether (sulfide) groups is 1. The van der Waals surface area contributed by atoms with Crippen LogP contribution in [-0.2, 0) is 0 Å². The van der Waals surface area contributed by atoms with Crippen LogP contribution in [0, 0.1) is 0 Å². The van der Waals surface area contributed by atoms with E-state index in [-0.39, 0.29) is 0 Å². The van der Waals surface area contributed by atoms with Crippen LogP contribution in [0.2, 0.25) is 5.02 Å². The topological polar surface area (TPSA) is 42.7 Å². The lowest BCUT2D eigenvalue weighted by Crippen LogP contribution is -2.18. The van der Waals surface area contributed by atoms with Crippen LogP contribution >= 0.6 is 23.4 Å². The number of nitrogens with one attached hydrogen (secondary N) is 1. The molecule has 0 unspecified atom stereocenters. The van der Waals surface area contributed by atoms with E-state index in [0.717, 1.165) is 27.8 Å². The monoisotopic (exact) mass is 326 g/mol. The van der Waals surface area contributed by atoms with Gasteiger partial charge in [0.05, 0.1) is 5.70 Å². The summed E-state index contributed by atoms with van der Waals surface area (Å²) in [6.07, 6.45) is 0. The van der Waals surface area contributed by atoms with Gasteiger partial charge in [0.15, 0.2) is 5.82 Å². The molecule has 0 aliphatic carbocycles. The van der Waals surface area contributed by atoms with Crippen LogP contribution in [0.5, 0.6) is 0 Å². The maximum Gasteiger partial charge on any atom is 0.214 e. The Kier molecular flexibility index (Phi) is 3.36. The molecule has 0 radical (unpaired) electrons. The number of nitrogens with zero attached hydrogens (tertiary/aromatic N) is 3. The quantitative estimate of drug-likeness (QED) is 0.764. The first-order chi connectivity index (χ1) is 10.8. The molecule has 1 N–H and O–H groups in total. The summed E-state index contributed by atoms with van der Waals surface area (Å²) in [5, 5.41) is 12.0. The lowest BCUT2D eigenvalue weighted by Gasteiger charge is -2.19. The van der Waals surface area contributed by atoms with Crippen LogP contribution in [0.1, 0.15) is 5.56 Å². The van der Waals surface area contributed by atoms with Gasteiger partial charge in [0, 0.05) is 16.0 Å². The fourth-order valence-electron chi connectivity index (χ4n) is 2.27. The second kappa shape index (κ2) is 5.51. The number of hydrogen-bond donors (Lipinski definition) is 1. The predicted octanol–water partition coefficient (Wildman–Crippen LogP) is 4.25. The van der Waals surface area contributed by atoms with E-state index >= 15 is 0 Å². The molecule has 0 saturated carbocycles. The first-order valence-corrected chi connectivity index (χ1v) is 7.98.